The Balaban J connectivity index is 1.36. The quantitative estimate of drug-likeness (QED) is 0.196. The van der Waals surface area contributed by atoms with Crippen molar-refractivity contribution in [3.05, 3.63) is 120 Å². The summed E-state index contributed by atoms with van der Waals surface area (Å²) in [5.41, 5.74) is 7.06. The minimum Gasteiger partial charge on any atom is -0.423 e. The Morgan fingerprint density at radius 1 is 0.788 bits per heavy atom. The largest absolute Gasteiger partial charge is 0.423 e. The minimum absolute atomic E-state index is 0.294. The fourth-order valence-corrected chi connectivity index (χ4v) is 3.18. The molecule has 3 aromatic carbocycles. The third kappa shape index (κ3) is 5.43. The SMILES string of the molecule is C/C(=N\NC(=O)c1ccc(-n2cccc2)cc1)c1ccc(OC(=O)c2ccc(C)cc2)cc1. The molecule has 0 aliphatic rings. The molecule has 33 heavy (non-hydrogen) atoms. The third-order valence-electron chi connectivity index (χ3n) is 5.13. The number of ether oxygens (including phenoxy) is 1. The van der Waals surface area contributed by atoms with Crippen molar-refractivity contribution in [1.82, 2.24) is 9.99 Å². The summed E-state index contributed by atoms with van der Waals surface area (Å²) in [6.45, 7) is 3.75. The van der Waals surface area contributed by atoms with Crippen molar-refractivity contribution in [2.24, 2.45) is 5.10 Å². The van der Waals surface area contributed by atoms with E-state index >= 15 is 0 Å². The molecule has 0 fully saturated rings. The van der Waals surface area contributed by atoms with Crippen LogP contribution in [-0.4, -0.2) is 22.2 Å². The van der Waals surface area contributed by atoms with E-state index in [2.05, 4.69) is 10.5 Å². The Hall–Kier alpha value is -4.45. The maximum atomic E-state index is 12.4. The number of carbonyl (C=O) groups excluding carboxylic acids is 2. The average molecular weight is 437 g/mol. The highest BCUT2D eigenvalue weighted by molar-refractivity contribution is 6.01. The zero-order chi connectivity index (χ0) is 23.2. The molecule has 0 saturated carbocycles. The standard InChI is InChI=1S/C27H23N3O3/c1-19-5-7-23(8-6-19)27(32)33-25-15-11-21(12-16-25)20(2)28-29-26(31)22-9-13-24(14-10-22)30-17-3-4-18-30/h3-18H,1-2H3,(H,29,31)/b28-20+. The average Bonchev–Trinajstić information content (AvgIpc) is 3.38. The molecule has 1 heterocycles. The molecule has 4 rings (SSSR count). The van der Waals surface area contributed by atoms with Crippen LogP contribution in [0.5, 0.6) is 5.75 Å². The Morgan fingerprint density at radius 3 is 2.00 bits per heavy atom. The van der Waals surface area contributed by atoms with Crippen molar-refractivity contribution >= 4 is 17.6 Å². The maximum Gasteiger partial charge on any atom is 0.343 e. The van der Waals surface area contributed by atoms with E-state index in [1.54, 1.807) is 55.5 Å². The molecule has 1 aromatic heterocycles. The highest BCUT2D eigenvalue weighted by Gasteiger charge is 2.09. The fourth-order valence-electron chi connectivity index (χ4n) is 3.18. The summed E-state index contributed by atoms with van der Waals surface area (Å²) in [5.74, 6) is -0.274. The number of hydrazone groups is 1. The van der Waals surface area contributed by atoms with Gasteiger partial charge in [-0.25, -0.2) is 10.2 Å². The first-order chi connectivity index (χ1) is 16.0. The highest BCUT2D eigenvalue weighted by atomic mass is 16.5. The number of aromatic nitrogens is 1. The highest BCUT2D eigenvalue weighted by Crippen LogP contribution is 2.16. The van der Waals surface area contributed by atoms with Gasteiger partial charge in [0.25, 0.3) is 5.91 Å². The normalized spacial score (nSPS) is 11.2. The molecule has 0 saturated heterocycles. The van der Waals surface area contributed by atoms with Crippen molar-refractivity contribution in [2.45, 2.75) is 13.8 Å². The monoisotopic (exact) mass is 437 g/mol. The van der Waals surface area contributed by atoms with Gasteiger partial charge in [-0.05, 0) is 92.2 Å². The third-order valence-corrected chi connectivity index (χ3v) is 5.13. The number of nitrogens with one attached hydrogen (secondary N) is 1. The first-order valence-corrected chi connectivity index (χ1v) is 10.5. The lowest BCUT2D eigenvalue weighted by Gasteiger charge is -2.07. The van der Waals surface area contributed by atoms with Crippen LogP contribution in [0.4, 0.5) is 0 Å². The van der Waals surface area contributed by atoms with Crippen LogP contribution in [0.2, 0.25) is 0 Å². The van der Waals surface area contributed by atoms with E-state index in [1.807, 2.05) is 60.3 Å². The van der Waals surface area contributed by atoms with Gasteiger partial charge in [-0.1, -0.05) is 17.7 Å². The summed E-state index contributed by atoms with van der Waals surface area (Å²) >= 11 is 0. The van der Waals surface area contributed by atoms with E-state index in [0.29, 0.717) is 22.6 Å². The zero-order valence-corrected chi connectivity index (χ0v) is 18.4. The predicted octanol–water partition coefficient (Wildman–Crippen LogP) is 5.16. The van der Waals surface area contributed by atoms with Gasteiger partial charge in [-0.15, -0.1) is 0 Å². The molecule has 0 aliphatic heterocycles. The van der Waals surface area contributed by atoms with Crippen molar-refractivity contribution in [1.29, 1.82) is 0 Å². The smallest absolute Gasteiger partial charge is 0.343 e. The molecule has 0 unspecified atom stereocenters. The van der Waals surface area contributed by atoms with Crippen LogP contribution in [0.25, 0.3) is 5.69 Å². The van der Waals surface area contributed by atoms with E-state index in [1.165, 1.54) is 0 Å². The van der Waals surface area contributed by atoms with Gasteiger partial charge in [0.1, 0.15) is 5.75 Å². The molecule has 6 heteroatoms. The van der Waals surface area contributed by atoms with Gasteiger partial charge < -0.3 is 9.30 Å². The predicted molar refractivity (Wildman–Crippen MR) is 128 cm³/mol. The van der Waals surface area contributed by atoms with Crippen molar-refractivity contribution < 1.29 is 14.3 Å². The van der Waals surface area contributed by atoms with E-state index < -0.39 is 5.97 Å². The summed E-state index contributed by atoms with van der Waals surface area (Å²) in [5, 5.41) is 4.19. The molecule has 6 nitrogen and oxygen atoms in total. The topological polar surface area (TPSA) is 72.7 Å². The summed E-state index contributed by atoms with van der Waals surface area (Å²) in [6, 6.07) is 25.3. The molecule has 0 bridgehead atoms. The summed E-state index contributed by atoms with van der Waals surface area (Å²) < 4.78 is 7.38. The second-order valence-electron chi connectivity index (χ2n) is 7.56. The molecule has 1 N–H and O–H groups in total. The number of esters is 1. The Bertz CT molecular complexity index is 1270. The van der Waals surface area contributed by atoms with Gasteiger partial charge in [0, 0.05) is 23.6 Å². The number of aryl methyl sites for hydroxylation is 1. The Morgan fingerprint density at radius 2 is 1.36 bits per heavy atom. The van der Waals surface area contributed by atoms with E-state index in [4.69, 9.17) is 4.74 Å². The van der Waals surface area contributed by atoms with Crippen molar-refractivity contribution in [3.8, 4) is 11.4 Å². The summed E-state index contributed by atoms with van der Waals surface area (Å²) in [7, 11) is 0. The molecule has 0 aliphatic carbocycles. The van der Waals surface area contributed by atoms with Gasteiger partial charge in [-0.2, -0.15) is 5.10 Å². The van der Waals surface area contributed by atoms with Crippen molar-refractivity contribution in [3.63, 3.8) is 0 Å². The maximum absolute atomic E-state index is 12.4. The second-order valence-corrected chi connectivity index (χ2v) is 7.56. The van der Waals surface area contributed by atoms with Crippen molar-refractivity contribution in [2.75, 3.05) is 0 Å². The van der Waals surface area contributed by atoms with Gasteiger partial charge in [0.05, 0.1) is 11.3 Å². The van der Waals surface area contributed by atoms with Crippen LogP contribution < -0.4 is 10.2 Å². The first kappa shape index (κ1) is 21.8. The molecule has 4 aromatic rings. The number of nitrogens with zero attached hydrogens (tertiary/aromatic N) is 2. The van der Waals surface area contributed by atoms with Gasteiger partial charge in [0.2, 0.25) is 0 Å². The van der Waals surface area contributed by atoms with E-state index in [-0.39, 0.29) is 5.91 Å². The van der Waals surface area contributed by atoms with Crippen LogP contribution in [0.3, 0.4) is 0 Å². The number of hydrogen-bond donors (Lipinski definition) is 1. The summed E-state index contributed by atoms with van der Waals surface area (Å²) in [6.07, 6.45) is 3.88. The number of benzene rings is 3. The first-order valence-electron chi connectivity index (χ1n) is 10.5. The van der Waals surface area contributed by atoms with Crippen LogP contribution in [0.15, 0.2) is 102 Å². The molecule has 164 valence electrons. The zero-order valence-electron chi connectivity index (χ0n) is 18.4. The lowest BCUT2D eigenvalue weighted by Crippen LogP contribution is -2.19. The number of rotatable bonds is 6. The van der Waals surface area contributed by atoms with Crippen LogP contribution >= 0.6 is 0 Å². The number of carbonyl (C=O) groups is 2. The summed E-state index contributed by atoms with van der Waals surface area (Å²) in [4.78, 5) is 24.7. The van der Waals surface area contributed by atoms with Crippen LogP contribution in [0, 0.1) is 6.92 Å². The van der Waals surface area contributed by atoms with Crippen LogP contribution in [-0.2, 0) is 0 Å². The molecule has 0 spiro atoms. The lowest BCUT2D eigenvalue weighted by atomic mass is 10.1. The Labute approximate surface area is 192 Å². The number of amides is 1. The Kier molecular flexibility index (Phi) is 6.45. The minimum atomic E-state index is -0.414. The molecule has 0 radical (unpaired) electrons. The fraction of sp³-hybridized carbons (Fsp3) is 0.0741. The van der Waals surface area contributed by atoms with Gasteiger partial charge >= 0.3 is 5.97 Å². The number of hydrogen-bond acceptors (Lipinski definition) is 4. The van der Waals surface area contributed by atoms with Gasteiger partial charge in [0.15, 0.2) is 0 Å². The van der Waals surface area contributed by atoms with Gasteiger partial charge in [-0.3, -0.25) is 4.79 Å². The second kappa shape index (κ2) is 9.78. The molecule has 0 atom stereocenters. The van der Waals surface area contributed by atoms with Crippen LogP contribution in [0.1, 0.15) is 38.8 Å². The molecule has 1 amide bonds. The molecular formula is C27H23N3O3. The van der Waals surface area contributed by atoms with E-state index in [0.717, 1.165) is 16.8 Å². The van der Waals surface area contributed by atoms with E-state index in [9.17, 15) is 9.59 Å². The molecular weight excluding hydrogens is 414 g/mol. The lowest BCUT2D eigenvalue weighted by molar-refractivity contribution is 0.0734.